The molecule has 0 saturated heterocycles. The number of benzene rings is 3. The molecule has 0 fully saturated rings. The molecule has 0 unspecified atom stereocenters. The van der Waals surface area contributed by atoms with E-state index in [4.69, 9.17) is 21.4 Å². The Morgan fingerprint density at radius 2 is 1.82 bits per heavy atom. The van der Waals surface area contributed by atoms with E-state index in [-0.39, 0.29) is 12.2 Å². The molecule has 0 radical (unpaired) electrons. The number of ether oxygens (including phenoxy) is 1. The van der Waals surface area contributed by atoms with Gasteiger partial charge in [-0.2, -0.15) is 0 Å². The quantitative estimate of drug-likeness (QED) is 0.201. The molecule has 174 valence electrons. The summed E-state index contributed by atoms with van der Waals surface area (Å²) in [5, 5.41) is 9.47. The van der Waals surface area contributed by atoms with Crippen LogP contribution in [0.4, 0.5) is 4.39 Å². The summed E-state index contributed by atoms with van der Waals surface area (Å²) in [5.74, 6) is 0.652. The molecule has 3 nitrogen and oxygen atoms in total. The average Bonchev–Trinajstić information content (AvgIpc) is 2.77. The molecule has 0 heterocycles. The molecule has 0 aromatic heterocycles. The van der Waals surface area contributed by atoms with E-state index < -0.39 is 5.97 Å². The minimum absolute atomic E-state index is 0.0280. The summed E-state index contributed by atoms with van der Waals surface area (Å²) < 4.78 is 19.2. The van der Waals surface area contributed by atoms with Gasteiger partial charge in [-0.25, -0.2) is 4.39 Å². The average molecular weight is 505 g/mol. The fourth-order valence-corrected chi connectivity index (χ4v) is 5.32. The van der Waals surface area contributed by atoms with Crippen LogP contribution < -0.4 is 4.74 Å². The van der Waals surface area contributed by atoms with Gasteiger partial charge in [0.2, 0.25) is 0 Å². The smallest absolute Gasteiger partial charge is 0.307 e. The zero-order chi connectivity index (χ0) is 23.6. The summed E-state index contributed by atoms with van der Waals surface area (Å²) in [7, 11) is 0. The van der Waals surface area contributed by atoms with Crippen molar-refractivity contribution < 1.29 is 19.0 Å². The van der Waals surface area contributed by atoms with Crippen molar-refractivity contribution in [1.29, 1.82) is 0 Å². The zero-order valence-corrected chi connectivity index (χ0v) is 20.7. The van der Waals surface area contributed by atoms with Crippen LogP contribution in [0.15, 0.2) is 75.4 Å². The topological polar surface area (TPSA) is 46.5 Å². The summed E-state index contributed by atoms with van der Waals surface area (Å²) in [5.41, 5.74) is 1.87. The van der Waals surface area contributed by atoms with Crippen molar-refractivity contribution in [3.63, 3.8) is 0 Å². The standard InChI is InChI=1S/C26H26ClFO3S2/c1-2-4-19-17-22(33-21-8-6-20(28)7-9-21)10-11-24(19)31-13-3-14-32-25-12-5-18(15-23(25)27)16-26(29)30/h5-12,15,17H,2-4,13-14,16H2,1H3,(H,29,30). The highest BCUT2D eigenvalue weighted by atomic mass is 35.5. The molecule has 0 aliphatic rings. The van der Waals surface area contributed by atoms with Crippen LogP contribution in [0.2, 0.25) is 5.02 Å². The van der Waals surface area contributed by atoms with Crippen molar-refractivity contribution in [3.8, 4) is 5.75 Å². The van der Waals surface area contributed by atoms with Gasteiger partial charge in [0.25, 0.3) is 0 Å². The Balaban J connectivity index is 1.51. The Hall–Kier alpha value is -2.15. The van der Waals surface area contributed by atoms with Crippen LogP contribution in [0.25, 0.3) is 0 Å². The van der Waals surface area contributed by atoms with Crippen LogP contribution in [0.5, 0.6) is 5.75 Å². The maximum Gasteiger partial charge on any atom is 0.307 e. The van der Waals surface area contributed by atoms with Crippen LogP contribution in [0.1, 0.15) is 30.9 Å². The lowest BCUT2D eigenvalue weighted by Crippen LogP contribution is -2.02. The largest absolute Gasteiger partial charge is 0.493 e. The Kier molecular flexibility index (Phi) is 9.97. The number of aryl methyl sites for hydroxylation is 1. The molecule has 0 spiro atoms. The number of rotatable bonds is 12. The van der Waals surface area contributed by atoms with Gasteiger partial charge in [0.05, 0.1) is 18.1 Å². The third-order valence-corrected chi connectivity index (χ3v) is 7.34. The van der Waals surface area contributed by atoms with E-state index >= 15 is 0 Å². The predicted molar refractivity (Wildman–Crippen MR) is 135 cm³/mol. The van der Waals surface area contributed by atoms with E-state index in [1.165, 1.54) is 17.7 Å². The first-order chi connectivity index (χ1) is 15.9. The van der Waals surface area contributed by atoms with Crippen LogP contribution in [-0.2, 0) is 17.6 Å². The maximum absolute atomic E-state index is 13.1. The molecule has 7 heteroatoms. The fourth-order valence-electron chi connectivity index (χ4n) is 3.23. The zero-order valence-electron chi connectivity index (χ0n) is 18.4. The molecular weight excluding hydrogens is 479 g/mol. The highest BCUT2D eigenvalue weighted by molar-refractivity contribution is 7.99. The lowest BCUT2D eigenvalue weighted by atomic mass is 10.1. The molecule has 3 aromatic rings. The highest BCUT2D eigenvalue weighted by Gasteiger charge is 2.08. The van der Waals surface area contributed by atoms with E-state index in [9.17, 15) is 9.18 Å². The number of carboxylic acid groups (broad SMARTS) is 1. The van der Waals surface area contributed by atoms with Crippen LogP contribution in [0, 0.1) is 5.82 Å². The Morgan fingerprint density at radius 3 is 2.52 bits per heavy atom. The Morgan fingerprint density at radius 1 is 1.06 bits per heavy atom. The molecule has 0 atom stereocenters. The lowest BCUT2D eigenvalue weighted by molar-refractivity contribution is -0.136. The second-order valence-corrected chi connectivity index (χ2v) is 10.2. The SMILES string of the molecule is CCCc1cc(Sc2ccc(F)cc2)ccc1OCCCSc1ccc(CC(=O)O)cc1Cl. The van der Waals surface area contributed by atoms with E-state index in [2.05, 4.69) is 13.0 Å². The molecule has 3 aromatic carbocycles. The van der Waals surface area contributed by atoms with Crippen LogP contribution in [-0.4, -0.2) is 23.4 Å². The molecule has 0 aliphatic carbocycles. The second kappa shape index (κ2) is 12.9. The van der Waals surface area contributed by atoms with Gasteiger partial charge in [0.1, 0.15) is 11.6 Å². The number of thioether (sulfide) groups is 1. The molecule has 0 bridgehead atoms. The van der Waals surface area contributed by atoms with Crippen molar-refractivity contribution in [1.82, 2.24) is 0 Å². The number of hydrogen-bond donors (Lipinski definition) is 1. The molecule has 0 aliphatic heterocycles. The van der Waals surface area contributed by atoms with Gasteiger partial charge in [-0.3, -0.25) is 4.79 Å². The van der Waals surface area contributed by atoms with Gasteiger partial charge in [-0.1, -0.05) is 42.8 Å². The summed E-state index contributed by atoms with van der Waals surface area (Å²) in [6, 6.07) is 18.1. The first-order valence-corrected chi connectivity index (χ1v) is 12.9. The Labute approximate surface area is 207 Å². The predicted octanol–water partition coefficient (Wildman–Crippen LogP) is 7.77. The minimum atomic E-state index is -0.867. The van der Waals surface area contributed by atoms with Gasteiger partial charge in [-0.15, -0.1) is 11.8 Å². The van der Waals surface area contributed by atoms with Crippen molar-refractivity contribution in [2.24, 2.45) is 0 Å². The van der Waals surface area contributed by atoms with E-state index in [0.29, 0.717) is 17.2 Å². The molecule has 33 heavy (non-hydrogen) atoms. The second-order valence-electron chi connectivity index (χ2n) is 7.46. The monoisotopic (exact) mass is 504 g/mol. The number of carbonyl (C=O) groups is 1. The van der Waals surface area contributed by atoms with Crippen molar-refractivity contribution in [3.05, 3.63) is 82.6 Å². The molecular formula is C26H26ClFO3S2. The Bertz CT molecular complexity index is 1070. The number of carboxylic acids is 1. The summed E-state index contributed by atoms with van der Waals surface area (Å²) in [6.07, 6.45) is 2.78. The number of halogens is 2. The number of hydrogen-bond acceptors (Lipinski definition) is 4. The van der Waals surface area contributed by atoms with Gasteiger partial charge in [-0.05, 0) is 78.6 Å². The normalized spacial score (nSPS) is 10.9. The minimum Gasteiger partial charge on any atom is -0.493 e. The van der Waals surface area contributed by atoms with E-state index in [1.807, 2.05) is 18.2 Å². The molecule has 0 saturated carbocycles. The van der Waals surface area contributed by atoms with Gasteiger partial charge in [0, 0.05) is 20.4 Å². The summed E-state index contributed by atoms with van der Waals surface area (Å²) in [4.78, 5) is 13.9. The van der Waals surface area contributed by atoms with Crippen LogP contribution in [0.3, 0.4) is 0 Å². The molecule has 3 rings (SSSR count). The summed E-state index contributed by atoms with van der Waals surface area (Å²) in [6.45, 7) is 2.74. The highest BCUT2D eigenvalue weighted by Crippen LogP contribution is 2.33. The first-order valence-electron chi connectivity index (χ1n) is 10.8. The maximum atomic E-state index is 13.1. The molecule has 1 N–H and O–H groups in total. The summed E-state index contributed by atoms with van der Waals surface area (Å²) >= 11 is 9.54. The lowest BCUT2D eigenvalue weighted by Gasteiger charge is -2.13. The van der Waals surface area contributed by atoms with Gasteiger partial charge >= 0.3 is 5.97 Å². The third kappa shape index (κ3) is 8.29. The van der Waals surface area contributed by atoms with E-state index in [1.54, 1.807) is 47.8 Å². The third-order valence-electron chi connectivity index (χ3n) is 4.76. The van der Waals surface area contributed by atoms with Crippen molar-refractivity contribution in [2.75, 3.05) is 12.4 Å². The molecule has 0 amide bonds. The van der Waals surface area contributed by atoms with Gasteiger partial charge in [0.15, 0.2) is 0 Å². The van der Waals surface area contributed by atoms with Gasteiger partial charge < -0.3 is 9.84 Å². The number of aliphatic carboxylic acids is 1. The van der Waals surface area contributed by atoms with Crippen molar-refractivity contribution in [2.45, 2.75) is 47.3 Å². The van der Waals surface area contributed by atoms with E-state index in [0.717, 1.165) is 45.5 Å². The van der Waals surface area contributed by atoms with Crippen LogP contribution >= 0.6 is 35.1 Å². The fraction of sp³-hybridized carbons (Fsp3) is 0.269. The van der Waals surface area contributed by atoms with Crippen molar-refractivity contribution >= 4 is 41.1 Å². The first kappa shape index (κ1) is 25.5.